The molecule has 2 aliphatic rings. The number of alkyl halides is 3. The fraction of sp³-hybridized carbons (Fsp3) is 0.360. The van der Waals surface area contributed by atoms with Crippen molar-refractivity contribution < 1.29 is 36.7 Å². The highest BCUT2D eigenvalue weighted by atomic mass is 19.4. The van der Waals surface area contributed by atoms with Gasteiger partial charge in [0.05, 0.1) is 12.1 Å². The molecule has 0 aromatic heterocycles. The van der Waals surface area contributed by atoms with Crippen molar-refractivity contribution in [1.82, 2.24) is 15.5 Å². The number of anilines is 1. The Morgan fingerprint density at radius 1 is 1.16 bits per heavy atom. The van der Waals surface area contributed by atoms with Crippen molar-refractivity contribution in [3.05, 3.63) is 64.0 Å². The Kier molecular flexibility index (Phi) is 6.94. The van der Waals surface area contributed by atoms with Gasteiger partial charge in [0, 0.05) is 35.3 Å². The standard InChI is InChI=1S/C25H24F4N4O4/c1-12(2)16-9-14(25(27,28)29)4-6-18(16)31-24(37)30-10-13-3-5-15-17(21(13)26)11-33(23(15)36)19-7-8-20(34)32-22(19)35/h3-6,9,12,19H,7-8,10-11H2,1-2H3,(H2,30,31,37)(H,32,34,35). The molecule has 12 heteroatoms. The van der Waals surface area contributed by atoms with E-state index in [1.54, 1.807) is 13.8 Å². The van der Waals surface area contributed by atoms with Gasteiger partial charge < -0.3 is 15.5 Å². The van der Waals surface area contributed by atoms with E-state index in [-0.39, 0.29) is 54.2 Å². The average molecular weight is 520 g/mol. The van der Waals surface area contributed by atoms with Gasteiger partial charge in [0.2, 0.25) is 11.8 Å². The number of rotatable bonds is 5. The molecule has 4 rings (SSSR count). The highest BCUT2D eigenvalue weighted by molar-refractivity contribution is 6.05. The number of carbonyl (C=O) groups is 4. The summed E-state index contributed by atoms with van der Waals surface area (Å²) in [6.07, 6.45) is -4.31. The van der Waals surface area contributed by atoms with Gasteiger partial charge in [-0.25, -0.2) is 9.18 Å². The smallest absolute Gasteiger partial charge is 0.334 e. The summed E-state index contributed by atoms with van der Waals surface area (Å²) in [5.74, 6) is -2.58. The maximum absolute atomic E-state index is 15.2. The number of hydrogen-bond donors (Lipinski definition) is 3. The predicted molar refractivity (Wildman–Crippen MR) is 124 cm³/mol. The summed E-state index contributed by atoms with van der Waals surface area (Å²) in [5, 5.41) is 7.16. The molecule has 1 atom stereocenters. The summed E-state index contributed by atoms with van der Waals surface area (Å²) in [7, 11) is 0. The van der Waals surface area contributed by atoms with E-state index in [0.29, 0.717) is 5.56 Å². The van der Waals surface area contributed by atoms with Crippen LogP contribution in [0.25, 0.3) is 0 Å². The number of hydrogen-bond acceptors (Lipinski definition) is 4. The monoisotopic (exact) mass is 520 g/mol. The lowest BCUT2D eigenvalue weighted by Crippen LogP contribution is -2.52. The molecule has 1 saturated heterocycles. The topological polar surface area (TPSA) is 108 Å². The molecule has 0 radical (unpaired) electrons. The molecule has 2 aromatic rings. The second-order valence-corrected chi connectivity index (χ2v) is 9.23. The van der Waals surface area contributed by atoms with Crippen LogP contribution in [0.5, 0.6) is 0 Å². The first-order valence-corrected chi connectivity index (χ1v) is 11.6. The summed E-state index contributed by atoms with van der Waals surface area (Å²) in [4.78, 5) is 50.0. The lowest BCUT2D eigenvalue weighted by atomic mass is 9.98. The first kappa shape index (κ1) is 26.1. The summed E-state index contributed by atoms with van der Waals surface area (Å²) < 4.78 is 54.4. The highest BCUT2D eigenvalue weighted by Crippen LogP contribution is 2.34. The van der Waals surface area contributed by atoms with Crippen LogP contribution in [0.3, 0.4) is 0 Å². The van der Waals surface area contributed by atoms with Crippen LogP contribution in [-0.4, -0.2) is 34.7 Å². The third-order valence-corrected chi connectivity index (χ3v) is 6.42. The number of imide groups is 1. The maximum atomic E-state index is 15.2. The number of halogens is 4. The van der Waals surface area contributed by atoms with Gasteiger partial charge in [0.25, 0.3) is 5.91 Å². The Morgan fingerprint density at radius 2 is 1.89 bits per heavy atom. The van der Waals surface area contributed by atoms with Crippen LogP contribution in [0.15, 0.2) is 30.3 Å². The van der Waals surface area contributed by atoms with Crippen molar-refractivity contribution in [2.75, 3.05) is 5.32 Å². The minimum Gasteiger partial charge on any atom is -0.334 e. The number of benzene rings is 2. The van der Waals surface area contributed by atoms with Crippen LogP contribution in [0.2, 0.25) is 0 Å². The quantitative estimate of drug-likeness (QED) is 0.408. The molecule has 196 valence electrons. The zero-order valence-electron chi connectivity index (χ0n) is 20.0. The Morgan fingerprint density at radius 3 is 2.54 bits per heavy atom. The number of fused-ring (bicyclic) bond motifs is 1. The lowest BCUT2D eigenvalue weighted by Gasteiger charge is -2.29. The van der Waals surface area contributed by atoms with Crippen LogP contribution in [0.1, 0.15) is 65.2 Å². The van der Waals surface area contributed by atoms with E-state index in [2.05, 4.69) is 16.0 Å². The molecule has 0 bridgehead atoms. The molecule has 0 saturated carbocycles. The zero-order chi connectivity index (χ0) is 27.1. The van der Waals surface area contributed by atoms with Gasteiger partial charge in [0.15, 0.2) is 0 Å². The lowest BCUT2D eigenvalue weighted by molar-refractivity contribution is -0.138. The van der Waals surface area contributed by atoms with Gasteiger partial charge in [-0.2, -0.15) is 13.2 Å². The van der Waals surface area contributed by atoms with E-state index in [1.807, 2.05) is 0 Å². The number of carbonyl (C=O) groups excluding carboxylic acids is 4. The van der Waals surface area contributed by atoms with Crippen LogP contribution >= 0.6 is 0 Å². The Balaban J connectivity index is 1.44. The third-order valence-electron chi connectivity index (χ3n) is 6.42. The number of nitrogens with one attached hydrogen (secondary N) is 3. The fourth-order valence-corrected chi connectivity index (χ4v) is 4.46. The Hall–Kier alpha value is -3.96. The zero-order valence-corrected chi connectivity index (χ0v) is 20.0. The number of nitrogens with zero attached hydrogens (tertiary/aromatic N) is 1. The number of amides is 5. The highest BCUT2D eigenvalue weighted by Gasteiger charge is 2.40. The van der Waals surface area contributed by atoms with E-state index in [4.69, 9.17) is 0 Å². The van der Waals surface area contributed by atoms with Crippen LogP contribution in [0, 0.1) is 5.82 Å². The van der Waals surface area contributed by atoms with Crippen molar-refractivity contribution in [2.24, 2.45) is 0 Å². The average Bonchev–Trinajstić information content (AvgIpc) is 3.15. The SMILES string of the molecule is CC(C)c1cc(C(F)(F)F)ccc1NC(=O)NCc1ccc2c(c1F)CN(C1CCC(=O)NC1=O)C2=O. The molecule has 2 aliphatic heterocycles. The molecule has 5 amide bonds. The molecule has 37 heavy (non-hydrogen) atoms. The summed E-state index contributed by atoms with van der Waals surface area (Å²) >= 11 is 0. The second-order valence-electron chi connectivity index (χ2n) is 9.23. The van der Waals surface area contributed by atoms with E-state index in [1.165, 1.54) is 23.1 Å². The summed E-state index contributed by atoms with van der Waals surface area (Å²) in [6, 6.07) is 4.14. The van der Waals surface area contributed by atoms with Crippen molar-refractivity contribution in [3.63, 3.8) is 0 Å². The van der Waals surface area contributed by atoms with Crippen LogP contribution in [-0.2, 0) is 28.9 Å². The van der Waals surface area contributed by atoms with E-state index in [0.717, 1.165) is 12.1 Å². The fourth-order valence-electron chi connectivity index (χ4n) is 4.46. The van der Waals surface area contributed by atoms with E-state index >= 15 is 4.39 Å². The largest absolute Gasteiger partial charge is 0.416 e. The number of urea groups is 1. The van der Waals surface area contributed by atoms with Crippen molar-refractivity contribution in [1.29, 1.82) is 0 Å². The van der Waals surface area contributed by atoms with Gasteiger partial charge in [0.1, 0.15) is 11.9 Å². The molecule has 1 fully saturated rings. The number of piperidine rings is 1. The van der Waals surface area contributed by atoms with Gasteiger partial charge in [-0.05, 0) is 42.2 Å². The second kappa shape index (κ2) is 9.83. The molecule has 0 spiro atoms. The molecule has 8 nitrogen and oxygen atoms in total. The molecule has 2 heterocycles. The first-order chi connectivity index (χ1) is 17.4. The van der Waals surface area contributed by atoms with Crippen LogP contribution < -0.4 is 16.0 Å². The van der Waals surface area contributed by atoms with Gasteiger partial charge >= 0.3 is 12.2 Å². The molecule has 1 unspecified atom stereocenters. The van der Waals surface area contributed by atoms with Gasteiger partial charge in [-0.3, -0.25) is 19.7 Å². The van der Waals surface area contributed by atoms with Gasteiger partial charge in [-0.15, -0.1) is 0 Å². The maximum Gasteiger partial charge on any atom is 0.416 e. The van der Waals surface area contributed by atoms with Crippen molar-refractivity contribution in [2.45, 2.75) is 57.9 Å². The minimum absolute atomic E-state index is 0.0702. The normalized spacial score (nSPS) is 17.6. The Labute approximate surface area is 209 Å². The predicted octanol–water partition coefficient (Wildman–Crippen LogP) is 4.05. The van der Waals surface area contributed by atoms with Gasteiger partial charge in [-0.1, -0.05) is 19.9 Å². The molecule has 2 aromatic carbocycles. The van der Waals surface area contributed by atoms with Crippen molar-refractivity contribution in [3.8, 4) is 0 Å². The molecular formula is C25H24F4N4O4. The third kappa shape index (κ3) is 5.27. The van der Waals surface area contributed by atoms with Crippen LogP contribution in [0.4, 0.5) is 28.0 Å². The molecule has 0 aliphatic carbocycles. The molecule has 3 N–H and O–H groups in total. The Bertz CT molecular complexity index is 1290. The summed E-state index contributed by atoms with van der Waals surface area (Å²) in [6.45, 7) is 2.97. The minimum atomic E-state index is -4.52. The van der Waals surface area contributed by atoms with E-state index in [9.17, 15) is 32.3 Å². The molecular weight excluding hydrogens is 496 g/mol. The van der Waals surface area contributed by atoms with Crippen molar-refractivity contribution >= 4 is 29.4 Å². The summed E-state index contributed by atoms with van der Waals surface area (Å²) in [5.41, 5.74) is -0.0753. The van der Waals surface area contributed by atoms with E-state index < -0.39 is 47.4 Å². The first-order valence-electron chi connectivity index (χ1n) is 11.6.